The molecule has 2 fully saturated rings. The number of nitrogens with zero attached hydrogens (tertiary/aromatic N) is 3. The van der Waals surface area contributed by atoms with Gasteiger partial charge in [0.1, 0.15) is 5.37 Å². The van der Waals surface area contributed by atoms with E-state index in [1.54, 1.807) is 26.0 Å². The molecule has 8 nitrogen and oxygen atoms in total. The quantitative estimate of drug-likeness (QED) is 0.705. The lowest BCUT2D eigenvalue weighted by molar-refractivity contribution is -0.128. The van der Waals surface area contributed by atoms with Crippen LogP contribution in [0.5, 0.6) is 11.5 Å². The monoisotopic (exact) mass is 436 g/mol. The predicted octanol–water partition coefficient (Wildman–Crippen LogP) is 2.01. The van der Waals surface area contributed by atoms with Crippen LogP contribution in [0.3, 0.4) is 0 Å². The lowest BCUT2D eigenvalue weighted by atomic mass is 10.1. The second kappa shape index (κ2) is 10.3. The molecule has 30 heavy (non-hydrogen) atoms. The van der Waals surface area contributed by atoms with Crippen LogP contribution >= 0.6 is 11.8 Å². The Morgan fingerprint density at radius 1 is 1.13 bits per heavy atom. The van der Waals surface area contributed by atoms with Gasteiger partial charge in [0.05, 0.1) is 20.0 Å². The van der Waals surface area contributed by atoms with Crippen molar-refractivity contribution in [3.63, 3.8) is 0 Å². The van der Waals surface area contributed by atoms with Gasteiger partial charge in [0.15, 0.2) is 11.5 Å². The number of thioether (sulfide) groups is 1. The standard InChI is InChI=1S/C21H32N4O4S/c1-15(2)22-21(27)24-10-7-23(8-11-24)9-12-25-19(26)14-30-20(25)16-5-6-17(28-3)18(13-16)29-4/h5-6,13,15,20H,7-12,14H2,1-4H3,(H,22,27). The Balaban J connectivity index is 1.56. The molecule has 0 aliphatic carbocycles. The van der Waals surface area contributed by atoms with Crippen molar-refractivity contribution in [2.24, 2.45) is 0 Å². The van der Waals surface area contributed by atoms with E-state index in [2.05, 4.69) is 10.2 Å². The smallest absolute Gasteiger partial charge is 0.317 e. The minimum absolute atomic E-state index is 0.00397. The number of carbonyl (C=O) groups is 2. The van der Waals surface area contributed by atoms with Crippen molar-refractivity contribution >= 4 is 23.7 Å². The minimum Gasteiger partial charge on any atom is -0.493 e. The second-order valence-corrected chi connectivity index (χ2v) is 8.87. The van der Waals surface area contributed by atoms with Crippen molar-refractivity contribution in [1.29, 1.82) is 0 Å². The maximum absolute atomic E-state index is 12.5. The molecule has 0 radical (unpaired) electrons. The van der Waals surface area contributed by atoms with Gasteiger partial charge in [-0.15, -0.1) is 11.8 Å². The third-order valence-corrected chi connectivity index (χ3v) is 6.65. The van der Waals surface area contributed by atoms with Crippen molar-refractivity contribution in [2.45, 2.75) is 25.3 Å². The van der Waals surface area contributed by atoms with Crippen LogP contribution in [0.4, 0.5) is 4.79 Å². The first-order valence-electron chi connectivity index (χ1n) is 10.3. The maximum Gasteiger partial charge on any atom is 0.317 e. The van der Waals surface area contributed by atoms with Gasteiger partial charge in [0, 0.05) is 45.3 Å². The average Bonchev–Trinajstić information content (AvgIpc) is 3.11. The largest absolute Gasteiger partial charge is 0.493 e. The maximum atomic E-state index is 12.5. The number of piperazine rings is 1. The third-order valence-electron chi connectivity index (χ3n) is 5.39. The SMILES string of the molecule is COc1ccc(C2SCC(=O)N2CCN2CCN(C(=O)NC(C)C)CC2)cc1OC. The average molecular weight is 437 g/mol. The van der Waals surface area contributed by atoms with Crippen LogP contribution in [0.25, 0.3) is 0 Å². The van der Waals surface area contributed by atoms with Crippen LogP contribution in [0.2, 0.25) is 0 Å². The molecule has 1 aromatic rings. The first-order valence-corrected chi connectivity index (χ1v) is 11.4. The molecular formula is C21H32N4O4S. The third kappa shape index (κ3) is 5.31. The summed E-state index contributed by atoms with van der Waals surface area (Å²) in [6, 6.07) is 5.98. The molecule has 2 aliphatic heterocycles. The number of hydrogen-bond acceptors (Lipinski definition) is 6. The molecule has 9 heteroatoms. The normalized spacial score (nSPS) is 20.0. The Bertz CT molecular complexity index is 753. The van der Waals surface area contributed by atoms with E-state index in [1.807, 2.05) is 41.8 Å². The number of methoxy groups -OCH3 is 2. The van der Waals surface area contributed by atoms with Crippen LogP contribution in [0.1, 0.15) is 24.8 Å². The van der Waals surface area contributed by atoms with Crippen molar-refractivity contribution < 1.29 is 19.1 Å². The van der Waals surface area contributed by atoms with Crippen molar-refractivity contribution in [3.8, 4) is 11.5 Å². The summed E-state index contributed by atoms with van der Waals surface area (Å²) in [5.41, 5.74) is 1.04. The van der Waals surface area contributed by atoms with Crippen LogP contribution in [-0.4, -0.2) is 91.9 Å². The molecule has 0 aromatic heterocycles. The molecular weight excluding hydrogens is 404 g/mol. The second-order valence-electron chi connectivity index (χ2n) is 7.80. The minimum atomic E-state index is -0.0181. The molecule has 1 atom stereocenters. The topological polar surface area (TPSA) is 74.4 Å². The van der Waals surface area contributed by atoms with Crippen LogP contribution < -0.4 is 14.8 Å². The molecule has 1 aromatic carbocycles. The van der Waals surface area contributed by atoms with Crippen LogP contribution in [0, 0.1) is 0 Å². The summed E-state index contributed by atoms with van der Waals surface area (Å²) in [6.07, 6.45) is 0. The molecule has 3 amide bonds. The highest BCUT2D eigenvalue weighted by atomic mass is 32.2. The lowest BCUT2D eigenvalue weighted by Crippen LogP contribution is -2.53. The van der Waals surface area contributed by atoms with Crippen LogP contribution in [-0.2, 0) is 4.79 Å². The summed E-state index contributed by atoms with van der Waals surface area (Å²) >= 11 is 1.64. The predicted molar refractivity (Wildman–Crippen MR) is 118 cm³/mol. The Morgan fingerprint density at radius 3 is 2.47 bits per heavy atom. The first-order chi connectivity index (χ1) is 14.4. The van der Waals surface area contributed by atoms with E-state index in [9.17, 15) is 9.59 Å². The Hall–Kier alpha value is -2.13. The summed E-state index contributed by atoms with van der Waals surface area (Å²) < 4.78 is 10.7. The van der Waals surface area contributed by atoms with E-state index < -0.39 is 0 Å². The highest BCUT2D eigenvalue weighted by Gasteiger charge is 2.33. The highest BCUT2D eigenvalue weighted by molar-refractivity contribution is 8.00. The van der Waals surface area contributed by atoms with Crippen molar-refractivity contribution in [2.75, 3.05) is 59.2 Å². The molecule has 3 rings (SSSR count). The summed E-state index contributed by atoms with van der Waals surface area (Å²) in [7, 11) is 3.23. The molecule has 0 saturated carbocycles. The number of nitrogens with one attached hydrogen (secondary N) is 1. The first kappa shape index (κ1) is 22.6. The van der Waals surface area contributed by atoms with Gasteiger partial charge in [-0.25, -0.2) is 4.79 Å². The van der Waals surface area contributed by atoms with E-state index in [0.717, 1.165) is 25.2 Å². The fourth-order valence-electron chi connectivity index (χ4n) is 3.74. The molecule has 0 spiro atoms. The Kier molecular flexibility index (Phi) is 7.71. The number of rotatable bonds is 7. The highest BCUT2D eigenvalue weighted by Crippen LogP contribution is 2.41. The molecule has 2 aliphatic rings. The summed E-state index contributed by atoms with van der Waals surface area (Å²) in [6.45, 7) is 8.46. The zero-order chi connectivity index (χ0) is 21.7. The number of ether oxygens (including phenoxy) is 2. The Morgan fingerprint density at radius 2 is 1.83 bits per heavy atom. The van der Waals surface area contributed by atoms with Gasteiger partial charge in [-0.2, -0.15) is 0 Å². The van der Waals surface area contributed by atoms with Gasteiger partial charge >= 0.3 is 6.03 Å². The molecule has 166 valence electrons. The molecule has 0 bridgehead atoms. The van der Waals surface area contributed by atoms with Gasteiger partial charge in [-0.3, -0.25) is 9.69 Å². The number of benzene rings is 1. The van der Waals surface area contributed by atoms with Crippen molar-refractivity contribution in [1.82, 2.24) is 20.0 Å². The Labute approximate surface area is 182 Å². The van der Waals surface area contributed by atoms with E-state index >= 15 is 0 Å². The summed E-state index contributed by atoms with van der Waals surface area (Å²) in [4.78, 5) is 30.8. The van der Waals surface area contributed by atoms with Gasteiger partial charge in [-0.05, 0) is 31.5 Å². The lowest BCUT2D eigenvalue weighted by Gasteiger charge is -2.36. The zero-order valence-electron chi connectivity index (χ0n) is 18.2. The summed E-state index contributed by atoms with van der Waals surface area (Å²) in [5, 5.41) is 2.93. The zero-order valence-corrected chi connectivity index (χ0v) is 19.0. The van der Waals surface area contributed by atoms with Crippen LogP contribution in [0.15, 0.2) is 18.2 Å². The van der Waals surface area contributed by atoms with E-state index in [-0.39, 0.29) is 23.4 Å². The van der Waals surface area contributed by atoms with Gasteiger partial charge in [0.25, 0.3) is 0 Å². The number of carbonyl (C=O) groups excluding carboxylic acids is 2. The van der Waals surface area contributed by atoms with E-state index in [4.69, 9.17) is 9.47 Å². The van der Waals surface area contributed by atoms with E-state index in [1.165, 1.54) is 0 Å². The molecule has 2 saturated heterocycles. The molecule has 2 heterocycles. The van der Waals surface area contributed by atoms with Crippen molar-refractivity contribution in [3.05, 3.63) is 23.8 Å². The fraction of sp³-hybridized carbons (Fsp3) is 0.619. The molecule has 1 unspecified atom stereocenters. The molecule has 1 N–H and O–H groups in total. The number of amides is 3. The number of hydrogen-bond donors (Lipinski definition) is 1. The summed E-state index contributed by atoms with van der Waals surface area (Å²) in [5.74, 6) is 2.00. The van der Waals surface area contributed by atoms with Gasteiger partial charge in [-0.1, -0.05) is 6.07 Å². The van der Waals surface area contributed by atoms with Gasteiger partial charge in [0.2, 0.25) is 5.91 Å². The van der Waals surface area contributed by atoms with E-state index in [0.29, 0.717) is 36.9 Å². The number of urea groups is 1. The fourth-order valence-corrected chi connectivity index (χ4v) is 4.95. The van der Waals surface area contributed by atoms with Gasteiger partial charge < -0.3 is 24.6 Å².